The number of carbonyl (C=O) groups excluding carboxylic acids is 1. The molecule has 0 radical (unpaired) electrons. The summed E-state index contributed by atoms with van der Waals surface area (Å²) < 4.78 is 7.07. The lowest BCUT2D eigenvalue weighted by Crippen LogP contribution is -2.27. The van der Waals surface area contributed by atoms with Crippen molar-refractivity contribution in [3.63, 3.8) is 0 Å². The molecule has 5 heteroatoms. The third-order valence-electron chi connectivity index (χ3n) is 5.07. The third-order valence-corrected chi connectivity index (χ3v) is 5.07. The molecule has 1 aliphatic carbocycles. The number of ether oxygens (including phenoxy) is 1. The van der Waals surface area contributed by atoms with Crippen LogP contribution in [0.25, 0.3) is 0 Å². The van der Waals surface area contributed by atoms with Crippen LogP contribution in [-0.2, 0) is 28.9 Å². The van der Waals surface area contributed by atoms with E-state index in [1.54, 1.807) is 0 Å². The van der Waals surface area contributed by atoms with Crippen molar-refractivity contribution in [2.45, 2.75) is 64.3 Å². The van der Waals surface area contributed by atoms with Gasteiger partial charge in [0.15, 0.2) is 0 Å². The van der Waals surface area contributed by atoms with E-state index in [9.17, 15) is 4.79 Å². The number of methoxy groups -OCH3 is 1. The summed E-state index contributed by atoms with van der Waals surface area (Å²) in [4.78, 5) is 11.6. The topological polar surface area (TPSA) is 57.0 Å². The fourth-order valence-corrected chi connectivity index (χ4v) is 3.75. The van der Waals surface area contributed by atoms with Crippen molar-refractivity contribution in [3.05, 3.63) is 11.6 Å². The van der Waals surface area contributed by atoms with E-state index < -0.39 is 0 Å². The van der Waals surface area contributed by atoms with E-state index in [-0.39, 0.29) is 11.9 Å². The molecule has 0 spiro atoms. The van der Waals surface area contributed by atoms with Gasteiger partial charge in [-0.05, 0) is 18.8 Å². The van der Waals surface area contributed by atoms with Crippen molar-refractivity contribution in [1.29, 1.82) is 0 Å². The number of aromatic nitrogens is 3. The molecular formula is C16H25N3O2. The maximum atomic E-state index is 11.6. The number of carbonyl (C=O) groups is 1. The van der Waals surface area contributed by atoms with E-state index in [0.717, 1.165) is 37.0 Å². The lowest BCUT2D eigenvalue weighted by atomic mass is 9.86. The van der Waals surface area contributed by atoms with Crippen LogP contribution in [0.4, 0.5) is 0 Å². The molecule has 21 heavy (non-hydrogen) atoms. The highest BCUT2D eigenvalue weighted by Crippen LogP contribution is 2.28. The molecule has 0 N–H and O–H groups in total. The SMILES string of the molecule is COC(=O)[C@H]1CCn2c(CCC3CCCCC3)nnc2C1. The second kappa shape index (κ2) is 6.58. The minimum absolute atomic E-state index is 0.0436. The van der Waals surface area contributed by atoms with Crippen LogP contribution in [0.2, 0.25) is 0 Å². The van der Waals surface area contributed by atoms with Crippen LogP contribution in [0.15, 0.2) is 0 Å². The second-order valence-electron chi connectivity index (χ2n) is 6.44. The van der Waals surface area contributed by atoms with E-state index in [2.05, 4.69) is 14.8 Å². The number of esters is 1. The van der Waals surface area contributed by atoms with Crippen LogP contribution in [0, 0.1) is 11.8 Å². The Hall–Kier alpha value is -1.39. The van der Waals surface area contributed by atoms with Gasteiger partial charge in [0.1, 0.15) is 11.6 Å². The summed E-state index contributed by atoms with van der Waals surface area (Å²) in [5.41, 5.74) is 0. The molecule has 2 heterocycles. The van der Waals surface area contributed by atoms with Crippen LogP contribution >= 0.6 is 0 Å². The van der Waals surface area contributed by atoms with Gasteiger partial charge in [-0.25, -0.2) is 0 Å². The maximum Gasteiger partial charge on any atom is 0.309 e. The molecule has 0 saturated heterocycles. The zero-order valence-corrected chi connectivity index (χ0v) is 12.9. The first-order valence-electron chi connectivity index (χ1n) is 8.26. The molecular weight excluding hydrogens is 266 g/mol. The molecule has 0 amide bonds. The van der Waals surface area contributed by atoms with Gasteiger partial charge in [0.25, 0.3) is 0 Å². The summed E-state index contributed by atoms with van der Waals surface area (Å²) in [6.45, 7) is 0.849. The molecule has 0 aromatic carbocycles. The third kappa shape index (κ3) is 3.27. The number of fused-ring (bicyclic) bond motifs is 1. The average molecular weight is 291 g/mol. The van der Waals surface area contributed by atoms with Gasteiger partial charge in [-0.2, -0.15) is 0 Å². The Labute approximate surface area is 126 Å². The summed E-state index contributed by atoms with van der Waals surface area (Å²) in [6, 6.07) is 0. The van der Waals surface area contributed by atoms with E-state index in [0.29, 0.717) is 6.42 Å². The Kier molecular flexibility index (Phi) is 4.56. The molecule has 5 nitrogen and oxygen atoms in total. The van der Waals surface area contributed by atoms with Gasteiger partial charge < -0.3 is 9.30 Å². The Bertz CT molecular complexity index is 492. The van der Waals surface area contributed by atoms with Crippen molar-refractivity contribution < 1.29 is 9.53 Å². The van der Waals surface area contributed by atoms with Gasteiger partial charge in [-0.1, -0.05) is 32.1 Å². The van der Waals surface area contributed by atoms with Gasteiger partial charge in [-0.3, -0.25) is 4.79 Å². The monoisotopic (exact) mass is 291 g/mol. The van der Waals surface area contributed by atoms with Crippen molar-refractivity contribution in [2.75, 3.05) is 7.11 Å². The zero-order valence-electron chi connectivity index (χ0n) is 12.9. The number of rotatable bonds is 4. The highest BCUT2D eigenvalue weighted by molar-refractivity contribution is 5.72. The predicted molar refractivity (Wildman–Crippen MR) is 78.7 cm³/mol. The summed E-state index contributed by atoms with van der Waals surface area (Å²) >= 11 is 0. The molecule has 116 valence electrons. The van der Waals surface area contributed by atoms with Crippen LogP contribution < -0.4 is 0 Å². The Morgan fingerprint density at radius 1 is 1.24 bits per heavy atom. The van der Waals surface area contributed by atoms with Gasteiger partial charge >= 0.3 is 5.97 Å². The zero-order chi connectivity index (χ0) is 14.7. The number of hydrogen-bond donors (Lipinski definition) is 0. The normalized spacial score (nSPS) is 22.8. The van der Waals surface area contributed by atoms with Crippen LogP contribution in [-0.4, -0.2) is 27.8 Å². The Morgan fingerprint density at radius 3 is 2.81 bits per heavy atom. The van der Waals surface area contributed by atoms with E-state index in [1.807, 2.05) is 0 Å². The molecule has 2 aliphatic rings. The first-order valence-corrected chi connectivity index (χ1v) is 8.26. The van der Waals surface area contributed by atoms with E-state index >= 15 is 0 Å². The minimum atomic E-state index is -0.118. The standard InChI is InChI=1S/C16H25N3O2/c1-21-16(20)13-9-10-19-14(17-18-15(19)11-13)8-7-12-5-3-2-4-6-12/h12-13H,2-11H2,1H3/t13-/m0/s1. The molecule has 1 atom stereocenters. The largest absolute Gasteiger partial charge is 0.469 e. The smallest absolute Gasteiger partial charge is 0.309 e. The first-order chi connectivity index (χ1) is 10.3. The summed E-state index contributed by atoms with van der Waals surface area (Å²) in [6.07, 6.45) is 10.7. The quantitative estimate of drug-likeness (QED) is 0.800. The fourth-order valence-electron chi connectivity index (χ4n) is 3.75. The lowest BCUT2D eigenvalue weighted by molar-refractivity contribution is -0.146. The van der Waals surface area contributed by atoms with Gasteiger partial charge in [-0.15, -0.1) is 10.2 Å². The first kappa shape index (κ1) is 14.5. The number of aryl methyl sites for hydroxylation is 1. The fraction of sp³-hybridized carbons (Fsp3) is 0.812. The maximum absolute atomic E-state index is 11.6. The van der Waals surface area contributed by atoms with Gasteiger partial charge in [0.2, 0.25) is 0 Å². The van der Waals surface area contributed by atoms with Crippen molar-refractivity contribution >= 4 is 5.97 Å². The van der Waals surface area contributed by atoms with E-state index in [1.165, 1.54) is 45.6 Å². The van der Waals surface area contributed by atoms with Gasteiger partial charge in [0, 0.05) is 19.4 Å². The number of hydrogen-bond acceptors (Lipinski definition) is 4. The van der Waals surface area contributed by atoms with Crippen LogP contribution in [0.3, 0.4) is 0 Å². The minimum Gasteiger partial charge on any atom is -0.469 e. The Morgan fingerprint density at radius 2 is 2.05 bits per heavy atom. The second-order valence-corrected chi connectivity index (χ2v) is 6.44. The van der Waals surface area contributed by atoms with Crippen molar-refractivity contribution in [3.8, 4) is 0 Å². The molecule has 3 rings (SSSR count). The molecule has 1 aliphatic heterocycles. The lowest BCUT2D eigenvalue weighted by Gasteiger charge is -2.23. The molecule has 1 saturated carbocycles. The van der Waals surface area contributed by atoms with E-state index in [4.69, 9.17) is 4.74 Å². The van der Waals surface area contributed by atoms with Crippen LogP contribution in [0.1, 0.15) is 56.6 Å². The highest BCUT2D eigenvalue weighted by Gasteiger charge is 2.28. The summed E-state index contributed by atoms with van der Waals surface area (Å²) in [5.74, 6) is 2.78. The Balaban J connectivity index is 1.59. The number of nitrogens with zero attached hydrogens (tertiary/aromatic N) is 3. The molecule has 0 unspecified atom stereocenters. The van der Waals surface area contributed by atoms with Crippen molar-refractivity contribution in [1.82, 2.24) is 14.8 Å². The molecule has 1 aromatic rings. The highest BCUT2D eigenvalue weighted by atomic mass is 16.5. The predicted octanol–water partition coefficient (Wildman–Crippen LogP) is 2.53. The average Bonchev–Trinajstić information content (AvgIpc) is 2.95. The van der Waals surface area contributed by atoms with Crippen LogP contribution in [0.5, 0.6) is 0 Å². The molecule has 1 aromatic heterocycles. The molecule has 0 bridgehead atoms. The molecule has 1 fully saturated rings. The van der Waals surface area contributed by atoms with Crippen molar-refractivity contribution in [2.24, 2.45) is 11.8 Å². The van der Waals surface area contributed by atoms with Gasteiger partial charge in [0.05, 0.1) is 13.0 Å². The summed E-state index contributed by atoms with van der Waals surface area (Å²) in [7, 11) is 1.46. The summed E-state index contributed by atoms with van der Waals surface area (Å²) in [5, 5.41) is 8.66.